The van der Waals surface area contributed by atoms with E-state index in [1.807, 2.05) is 0 Å². The third-order valence-electron chi connectivity index (χ3n) is 4.51. The highest BCUT2D eigenvalue weighted by molar-refractivity contribution is 4.89. The molecule has 2 aliphatic carbocycles. The third kappa shape index (κ3) is 3.96. The lowest BCUT2D eigenvalue weighted by Crippen LogP contribution is -2.50. The maximum atomic E-state index is 3.74. The highest BCUT2D eigenvalue weighted by atomic mass is 15.2. The van der Waals surface area contributed by atoms with Crippen molar-refractivity contribution in [1.29, 1.82) is 0 Å². The van der Waals surface area contributed by atoms with Gasteiger partial charge in [0.1, 0.15) is 0 Å². The molecule has 2 saturated carbocycles. The Morgan fingerprint density at radius 3 is 2.41 bits per heavy atom. The van der Waals surface area contributed by atoms with E-state index in [-0.39, 0.29) is 0 Å². The Balaban J connectivity index is 1.94. The first-order valence-electron chi connectivity index (χ1n) is 7.82. The highest BCUT2D eigenvalue weighted by Crippen LogP contribution is 2.32. The number of hydrogen-bond donors (Lipinski definition) is 1. The van der Waals surface area contributed by atoms with E-state index in [9.17, 15) is 0 Å². The first-order valence-corrected chi connectivity index (χ1v) is 7.82. The molecule has 0 radical (unpaired) electrons. The van der Waals surface area contributed by atoms with E-state index in [4.69, 9.17) is 0 Å². The SMILES string of the molecule is CCNC1CCCCCC1N(CC)CC1CC1. The largest absolute Gasteiger partial charge is 0.313 e. The van der Waals surface area contributed by atoms with Gasteiger partial charge in [-0.15, -0.1) is 0 Å². The van der Waals surface area contributed by atoms with Crippen molar-refractivity contribution in [3.05, 3.63) is 0 Å². The van der Waals surface area contributed by atoms with Crippen molar-refractivity contribution in [3.63, 3.8) is 0 Å². The van der Waals surface area contributed by atoms with Crippen LogP contribution in [0.3, 0.4) is 0 Å². The lowest BCUT2D eigenvalue weighted by molar-refractivity contribution is 0.149. The molecular weight excluding hydrogens is 208 g/mol. The van der Waals surface area contributed by atoms with Gasteiger partial charge in [0.15, 0.2) is 0 Å². The van der Waals surface area contributed by atoms with Crippen LogP contribution in [0.25, 0.3) is 0 Å². The van der Waals surface area contributed by atoms with Crippen molar-refractivity contribution >= 4 is 0 Å². The van der Waals surface area contributed by atoms with Gasteiger partial charge < -0.3 is 5.32 Å². The molecule has 17 heavy (non-hydrogen) atoms. The van der Waals surface area contributed by atoms with E-state index in [0.717, 1.165) is 24.5 Å². The van der Waals surface area contributed by atoms with Crippen LogP contribution in [0.5, 0.6) is 0 Å². The summed E-state index contributed by atoms with van der Waals surface area (Å²) in [5.74, 6) is 1.03. The summed E-state index contributed by atoms with van der Waals surface area (Å²) in [6, 6.07) is 1.56. The van der Waals surface area contributed by atoms with Gasteiger partial charge in [0, 0.05) is 18.6 Å². The summed E-state index contributed by atoms with van der Waals surface area (Å²) in [7, 11) is 0. The van der Waals surface area contributed by atoms with Crippen LogP contribution in [0.4, 0.5) is 0 Å². The van der Waals surface area contributed by atoms with Gasteiger partial charge in [0.25, 0.3) is 0 Å². The molecule has 2 nitrogen and oxygen atoms in total. The Hall–Kier alpha value is -0.0800. The number of likely N-dealkylation sites (N-methyl/N-ethyl adjacent to an activating group) is 2. The summed E-state index contributed by atoms with van der Waals surface area (Å²) < 4.78 is 0. The van der Waals surface area contributed by atoms with Crippen molar-refractivity contribution in [2.75, 3.05) is 19.6 Å². The quantitative estimate of drug-likeness (QED) is 0.716. The van der Waals surface area contributed by atoms with Gasteiger partial charge in [-0.05, 0) is 44.7 Å². The van der Waals surface area contributed by atoms with Gasteiger partial charge in [0.2, 0.25) is 0 Å². The molecule has 0 aromatic heterocycles. The van der Waals surface area contributed by atoms with Crippen LogP contribution in [0.1, 0.15) is 58.8 Å². The molecule has 2 heteroatoms. The predicted molar refractivity (Wildman–Crippen MR) is 74.3 cm³/mol. The molecule has 0 amide bonds. The smallest absolute Gasteiger partial charge is 0.0249 e. The van der Waals surface area contributed by atoms with Gasteiger partial charge in [-0.3, -0.25) is 4.90 Å². The summed E-state index contributed by atoms with van der Waals surface area (Å²) in [6.45, 7) is 8.32. The van der Waals surface area contributed by atoms with Crippen molar-refractivity contribution in [1.82, 2.24) is 10.2 Å². The van der Waals surface area contributed by atoms with Gasteiger partial charge in [0.05, 0.1) is 0 Å². The molecule has 0 aromatic carbocycles. The van der Waals surface area contributed by atoms with Crippen molar-refractivity contribution < 1.29 is 0 Å². The average molecular weight is 238 g/mol. The minimum absolute atomic E-state index is 0.751. The first kappa shape index (κ1) is 13.4. The molecule has 0 spiro atoms. The standard InChI is InChI=1S/C15H30N2/c1-3-16-14-8-6-5-7-9-15(14)17(4-2)12-13-10-11-13/h13-16H,3-12H2,1-2H3. The Morgan fingerprint density at radius 1 is 1.00 bits per heavy atom. The lowest BCUT2D eigenvalue weighted by atomic mass is 10.0. The maximum Gasteiger partial charge on any atom is 0.0249 e. The molecule has 2 unspecified atom stereocenters. The third-order valence-corrected chi connectivity index (χ3v) is 4.51. The molecule has 0 aliphatic heterocycles. The summed E-state index contributed by atoms with van der Waals surface area (Å²) in [5, 5.41) is 3.74. The van der Waals surface area contributed by atoms with Crippen LogP contribution >= 0.6 is 0 Å². The minimum Gasteiger partial charge on any atom is -0.313 e. The van der Waals surface area contributed by atoms with Crippen LogP contribution in [0, 0.1) is 5.92 Å². The van der Waals surface area contributed by atoms with Gasteiger partial charge in [-0.1, -0.05) is 33.1 Å². The fourth-order valence-corrected chi connectivity index (χ4v) is 3.36. The zero-order valence-corrected chi connectivity index (χ0v) is 11.8. The topological polar surface area (TPSA) is 15.3 Å². The average Bonchev–Trinajstić information content (AvgIpc) is 3.14. The Kier molecular flexibility index (Phi) is 5.30. The molecule has 2 rings (SSSR count). The van der Waals surface area contributed by atoms with Gasteiger partial charge in [-0.2, -0.15) is 0 Å². The number of nitrogens with one attached hydrogen (secondary N) is 1. The first-order chi connectivity index (χ1) is 8.35. The molecule has 0 saturated heterocycles. The fourth-order valence-electron chi connectivity index (χ4n) is 3.36. The van der Waals surface area contributed by atoms with Crippen molar-refractivity contribution in [2.24, 2.45) is 5.92 Å². The number of hydrogen-bond acceptors (Lipinski definition) is 2. The minimum atomic E-state index is 0.751. The number of rotatable bonds is 6. The van der Waals surface area contributed by atoms with Crippen LogP contribution in [-0.2, 0) is 0 Å². The zero-order chi connectivity index (χ0) is 12.1. The van der Waals surface area contributed by atoms with E-state index in [1.54, 1.807) is 0 Å². The summed E-state index contributed by atoms with van der Waals surface area (Å²) in [6.07, 6.45) is 10.1. The van der Waals surface area contributed by atoms with Crippen LogP contribution in [0.15, 0.2) is 0 Å². The Morgan fingerprint density at radius 2 is 1.76 bits per heavy atom. The maximum absolute atomic E-state index is 3.74. The normalized spacial score (nSPS) is 30.5. The van der Waals surface area contributed by atoms with E-state index in [2.05, 4.69) is 24.1 Å². The molecule has 2 atom stereocenters. The summed E-state index contributed by atoms with van der Waals surface area (Å²) in [4.78, 5) is 2.77. The molecule has 2 aliphatic rings. The van der Waals surface area contributed by atoms with E-state index >= 15 is 0 Å². The predicted octanol–water partition coefficient (Wildman–Crippen LogP) is 3.03. The van der Waals surface area contributed by atoms with Gasteiger partial charge >= 0.3 is 0 Å². The van der Waals surface area contributed by atoms with Crippen LogP contribution < -0.4 is 5.32 Å². The highest BCUT2D eigenvalue weighted by Gasteiger charge is 2.31. The second kappa shape index (κ2) is 6.75. The van der Waals surface area contributed by atoms with Crippen molar-refractivity contribution in [2.45, 2.75) is 70.9 Å². The number of nitrogens with zero attached hydrogens (tertiary/aromatic N) is 1. The summed E-state index contributed by atoms with van der Waals surface area (Å²) >= 11 is 0. The Bertz CT molecular complexity index is 213. The molecule has 1 N–H and O–H groups in total. The monoisotopic (exact) mass is 238 g/mol. The van der Waals surface area contributed by atoms with Crippen molar-refractivity contribution in [3.8, 4) is 0 Å². The van der Waals surface area contributed by atoms with E-state index in [1.165, 1.54) is 58.0 Å². The second-order valence-corrected chi connectivity index (χ2v) is 5.90. The zero-order valence-electron chi connectivity index (χ0n) is 11.8. The lowest BCUT2D eigenvalue weighted by Gasteiger charge is -2.36. The van der Waals surface area contributed by atoms with E-state index in [0.29, 0.717) is 0 Å². The van der Waals surface area contributed by atoms with Crippen LogP contribution in [0.2, 0.25) is 0 Å². The molecule has 100 valence electrons. The van der Waals surface area contributed by atoms with E-state index < -0.39 is 0 Å². The molecule has 0 aromatic rings. The molecule has 0 heterocycles. The summed E-state index contributed by atoms with van der Waals surface area (Å²) in [5.41, 5.74) is 0. The molecular formula is C15H30N2. The molecule has 0 bridgehead atoms. The Labute approximate surface area is 107 Å². The second-order valence-electron chi connectivity index (χ2n) is 5.90. The van der Waals surface area contributed by atoms with Gasteiger partial charge in [-0.25, -0.2) is 0 Å². The molecule has 2 fully saturated rings. The van der Waals surface area contributed by atoms with Crippen LogP contribution in [-0.4, -0.2) is 36.6 Å². The fraction of sp³-hybridized carbons (Fsp3) is 1.00.